The Labute approximate surface area is 341 Å². The highest BCUT2D eigenvalue weighted by atomic mass is 31.2. The Morgan fingerprint density at radius 2 is 0.586 bits per heavy atom. The topological polar surface area (TPSA) is 200 Å². The van der Waals surface area contributed by atoms with Crippen LogP contribution in [0.25, 0.3) is 33.4 Å². The van der Waals surface area contributed by atoms with Crippen LogP contribution in [0, 0.1) is 0 Å². The minimum absolute atomic E-state index is 0.0495. The maximum atomic E-state index is 15.4. The first-order chi connectivity index (χ1) is 28.0. The molecule has 0 fully saturated rings. The van der Waals surface area contributed by atoms with E-state index in [1.165, 1.54) is 36.4 Å². The lowest BCUT2D eigenvalue weighted by Gasteiger charge is -2.30. The van der Waals surface area contributed by atoms with Crippen LogP contribution in [0.1, 0.15) is 0 Å². The van der Waals surface area contributed by atoms with E-state index >= 15 is 13.7 Å². The Kier molecular flexibility index (Phi) is 14.3. The van der Waals surface area contributed by atoms with Crippen molar-refractivity contribution in [3.05, 3.63) is 146 Å². The fourth-order valence-corrected chi connectivity index (χ4v) is 18.3. The fourth-order valence-electron chi connectivity index (χ4n) is 6.66. The summed E-state index contributed by atoms with van der Waals surface area (Å²) in [5.74, 6) is -0.394. The smallest absolute Gasteiger partial charge is 0.507 e. The lowest BCUT2D eigenvalue weighted by molar-refractivity contribution is 0.287. The van der Waals surface area contributed by atoms with Crippen LogP contribution >= 0.6 is 22.1 Å². The molecule has 0 amide bonds. The van der Waals surface area contributed by atoms with Crippen molar-refractivity contribution in [2.24, 2.45) is 0 Å². The van der Waals surface area contributed by atoms with Crippen LogP contribution in [-0.2, 0) is 24.4 Å². The average Bonchev–Trinajstić information content (AvgIpc) is 3.21. The van der Waals surface area contributed by atoms with Crippen molar-refractivity contribution in [3.63, 3.8) is 0 Å². The van der Waals surface area contributed by atoms with Gasteiger partial charge in [-0.25, -0.2) is 0 Å². The van der Waals surface area contributed by atoms with Gasteiger partial charge in [-0.15, -0.1) is 0 Å². The summed E-state index contributed by atoms with van der Waals surface area (Å²) in [6.45, 7) is -1.99. The van der Waals surface area contributed by atoms with E-state index in [9.17, 15) is 30.6 Å². The summed E-state index contributed by atoms with van der Waals surface area (Å²) in [4.78, 5) is 0. The zero-order chi connectivity index (χ0) is 41.3. The van der Waals surface area contributed by atoms with Crippen molar-refractivity contribution < 1.29 is 55.1 Å². The Bertz CT molecular complexity index is 2240. The van der Waals surface area contributed by atoms with Gasteiger partial charge in [-0.2, -0.15) is 0 Å². The van der Waals surface area contributed by atoms with Crippen LogP contribution in [0.4, 0.5) is 0 Å². The molecule has 0 aliphatic heterocycles. The largest absolute Gasteiger partial charge is 0.922 e. The molecule has 0 aliphatic carbocycles. The highest BCUT2D eigenvalue weighted by molar-refractivity contribution is 7.71. The lowest BCUT2D eigenvalue weighted by atomic mass is 10.0. The molecule has 300 valence electrons. The third-order valence-electron chi connectivity index (χ3n) is 9.35. The maximum absolute atomic E-state index is 15.4. The van der Waals surface area contributed by atoms with E-state index in [0.29, 0.717) is 16.7 Å². The van der Waals surface area contributed by atoms with Gasteiger partial charge in [0.05, 0.1) is 19.8 Å². The van der Waals surface area contributed by atoms with Crippen molar-refractivity contribution in [1.29, 1.82) is 0 Å². The molecule has 0 heterocycles. The van der Waals surface area contributed by atoms with Gasteiger partial charge in [-0.3, -0.25) is 13.7 Å². The van der Waals surface area contributed by atoms with Crippen molar-refractivity contribution >= 4 is 53.2 Å². The first-order valence-electron chi connectivity index (χ1n) is 18.3. The van der Waals surface area contributed by atoms with Crippen molar-refractivity contribution in [2.75, 3.05) is 38.3 Å². The van der Waals surface area contributed by atoms with E-state index in [2.05, 4.69) is 0 Å². The van der Waals surface area contributed by atoms with E-state index < -0.39 is 75.6 Å². The van der Waals surface area contributed by atoms with Crippen LogP contribution in [0.5, 0.6) is 17.2 Å². The quantitative estimate of drug-likeness (QED) is 0.0386. The molecule has 0 saturated carbocycles. The first kappa shape index (κ1) is 43.3. The minimum atomic E-state index is -4.40. The molecular weight excluding hydrogens is 816 g/mol. The van der Waals surface area contributed by atoms with Crippen molar-refractivity contribution in [1.82, 2.24) is 0 Å². The molecule has 0 saturated heterocycles. The van der Waals surface area contributed by atoms with Gasteiger partial charge >= 0.3 is 15.1 Å². The molecule has 3 atom stereocenters. The first-order valence-corrected chi connectivity index (χ1v) is 25.1. The molecule has 12 nitrogen and oxygen atoms in total. The highest BCUT2D eigenvalue weighted by Crippen LogP contribution is 2.58. The standard InChI is InChI=1S/3C14H15O4P.Al/c3*15-9-10-19(17,18)14-8-4-2-6-12(14)11-5-1-3-7-13(11)16;/h3*1-8,15-16H,9-10H2,(H,17,18);/q;;;+3/p-3. The summed E-state index contributed by atoms with van der Waals surface area (Å²) >= 11 is -4.40. The molecule has 0 aromatic heterocycles. The monoisotopic (exact) mass is 858 g/mol. The molecule has 0 spiro atoms. The number of benzene rings is 6. The normalized spacial score (nSPS) is 14.5. The van der Waals surface area contributed by atoms with E-state index in [1.54, 1.807) is 109 Å². The predicted molar refractivity (Wildman–Crippen MR) is 227 cm³/mol. The SMILES string of the molecule is O=P(CCO)([O][Al]([O]P(=O)(CCO)c1ccccc1-c1ccccc1O)[O]P(=O)(CCO)c1ccccc1-c1ccccc1O)c1ccccc1-c1ccccc1O. The van der Waals surface area contributed by atoms with Crippen LogP contribution < -0.4 is 15.9 Å². The third kappa shape index (κ3) is 9.43. The highest BCUT2D eigenvalue weighted by Gasteiger charge is 2.51. The molecule has 0 bridgehead atoms. The molecular formula is C42H42AlO12P3. The van der Waals surface area contributed by atoms with E-state index in [-0.39, 0.29) is 49.9 Å². The molecule has 0 aliphatic rings. The van der Waals surface area contributed by atoms with E-state index in [4.69, 9.17) is 10.7 Å². The second-order valence-electron chi connectivity index (χ2n) is 13.1. The average molecular weight is 859 g/mol. The molecule has 6 rings (SSSR count). The van der Waals surface area contributed by atoms with Crippen LogP contribution in [0.2, 0.25) is 0 Å². The number of aromatic hydroxyl groups is 3. The Morgan fingerprint density at radius 3 is 0.828 bits per heavy atom. The van der Waals surface area contributed by atoms with Gasteiger partial charge < -0.3 is 41.4 Å². The number of hydrogen-bond acceptors (Lipinski definition) is 12. The molecule has 58 heavy (non-hydrogen) atoms. The van der Waals surface area contributed by atoms with Gasteiger partial charge in [0.25, 0.3) is 0 Å². The number of aliphatic hydroxyl groups excluding tert-OH is 3. The lowest BCUT2D eigenvalue weighted by Crippen LogP contribution is -2.33. The summed E-state index contributed by atoms with van der Waals surface area (Å²) in [5.41, 5.74) is 1.76. The maximum Gasteiger partial charge on any atom is 0.922 e. The fraction of sp³-hybridized carbons (Fsp3) is 0.143. The van der Waals surface area contributed by atoms with Gasteiger partial charge in [0.15, 0.2) is 0 Å². The molecule has 3 unspecified atom stereocenters. The van der Waals surface area contributed by atoms with Crippen LogP contribution in [0.3, 0.4) is 0 Å². The molecule has 6 aromatic rings. The predicted octanol–water partition coefficient (Wildman–Crippen LogP) is 6.93. The number of rotatable bonds is 18. The van der Waals surface area contributed by atoms with Crippen LogP contribution in [-0.4, -0.2) is 84.1 Å². The summed E-state index contributed by atoms with van der Waals surface area (Å²) in [5, 5.41) is 63.8. The Morgan fingerprint density at radius 1 is 0.362 bits per heavy atom. The second kappa shape index (κ2) is 19.2. The molecule has 0 radical (unpaired) electrons. The summed E-state index contributed by atoms with van der Waals surface area (Å²) in [7, 11) is -13.2. The van der Waals surface area contributed by atoms with Gasteiger partial charge in [-0.1, -0.05) is 109 Å². The van der Waals surface area contributed by atoms with Crippen molar-refractivity contribution in [3.8, 4) is 50.6 Å². The molecule has 6 aromatic carbocycles. The Hall–Kier alpha value is -4.30. The third-order valence-corrected chi connectivity index (χ3v) is 21.2. The number of aliphatic hydroxyl groups is 3. The second-order valence-corrected chi connectivity index (χ2v) is 23.0. The number of hydrogen-bond donors (Lipinski definition) is 6. The molecule has 16 heteroatoms. The van der Waals surface area contributed by atoms with Crippen molar-refractivity contribution in [2.45, 2.75) is 0 Å². The minimum Gasteiger partial charge on any atom is -0.507 e. The number of phenolic OH excluding ortho intramolecular Hbond substituents is 3. The zero-order valence-corrected chi connectivity index (χ0v) is 35.0. The summed E-state index contributed by atoms with van der Waals surface area (Å²) < 4.78 is 65.6. The zero-order valence-electron chi connectivity index (χ0n) is 31.2. The van der Waals surface area contributed by atoms with Gasteiger partial charge in [0.2, 0.25) is 22.1 Å². The van der Waals surface area contributed by atoms with Crippen LogP contribution in [0.15, 0.2) is 146 Å². The summed E-state index contributed by atoms with van der Waals surface area (Å²) in [6, 6.07) is 38.1. The Balaban J connectivity index is 1.55. The number of phenols is 3. The number of para-hydroxylation sites is 3. The van der Waals surface area contributed by atoms with E-state index in [1.807, 2.05) is 0 Å². The molecule has 6 N–H and O–H groups in total. The van der Waals surface area contributed by atoms with Gasteiger partial charge in [-0.05, 0) is 53.1 Å². The van der Waals surface area contributed by atoms with E-state index in [0.717, 1.165) is 0 Å². The summed E-state index contributed by atoms with van der Waals surface area (Å²) in [6.07, 6.45) is -1.53. The van der Waals surface area contributed by atoms with Gasteiger partial charge in [0, 0.05) is 51.1 Å². The van der Waals surface area contributed by atoms with Gasteiger partial charge in [0.1, 0.15) is 17.2 Å².